The highest BCUT2D eigenvalue weighted by atomic mass is 35.5. The van der Waals surface area contributed by atoms with Crippen LogP contribution in [0.1, 0.15) is 43.2 Å². The van der Waals surface area contributed by atoms with Crippen molar-refractivity contribution in [1.82, 2.24) is 20.4 Å². The van der Waals surface area contributed by atoms with Gasteiger partial charge in [-0.15, -0.1) is 12.4 Å². The van der Waals surface area contributed by atoms with Gasteiger partial charge in [0, 0.05) is 12.7 Å². The Morgan fingerprint density at radius 3 is 2.78 bits per heavy atom. The zero-order valence-electron chi connectivity index (χ0n) is 13.7. The predicted octanol–water partition coefficient (Wildman–Crippen LogP) is 1.16. The molecule has 0 radical (unpaired) electrons. The SMILES string of the molecule is COC(=O)C(NC(=O)c1ccn(C2CCCNC2)n1)C(C)C.Cl. The largest absolute Gasteiger partial charge is 0.467 e. The molecule has 0 aromatic carbocycles. The molecule has 1 aliphatic rings. The molecule has 23 heavy (non-hydrogen) atoms. The highest BCUT2D eigenvalue weighted by Crippen LogP contribution is 2.16. The van der Waals surface area contributed by atoms with Gasteiger partial charge < -0.3 is 15.4 Å². The normalized spacial score (nSPS) is 18.9. The summed E-state index contributed by atoms with van der Waals surface area (Å²) in [6.45, 7) is 5.60. The first-order valence-corrected chi connectivity index (χ1v) is 7.67. The second-order valence-corrected chi connectivity index (χ2v) is 5.90. The minimum Gasteiger partial charge on any atom is -0.467 e. The van der Waals surface area contributed by atoms with Crippen LogP contribution in [0.4, 0.5) is 0 Å². The van der Waals surface area contributed by atoms with Crippen LogP contribution in [0.5, 0.6) is 0 Å². The number of ether oxygens (including phenoxy) is 1. The maximum absolute atomic E-state index is 12.3. The van der Waals surface area contributed by atoms with Gasteiger partial charge in [0.25, 0.3) is 5.91 Å². The summed E-state index contributed by atoms with van der Waals surface area (Å²) in [5.41, 5.74) is 0.320. The van der Waals surface area contributed by atoms with E-state index in [-0.39, 0.29) is 30.3 Å². The zero-order chi connectivity index (χ0) is 16.1. The number of amides is 1. The number of methoxy groups -OCH3 is 1. The molecule has 7 nitrogen and oxygen atoms in total. The van der Waals surface area contributed by atoms with Crippen LogP contribution in [-0.4, -0.2) is 47.9 Å². The highest BCUT2D eigenvalue weighted by Gasteiger charge is 2.26. The molecule has 0 aliphatic carbocycles. The Morgan fingerprint density at radius 1 is 1.48 bits per heavy atom. The molecule has 1 fully saturated rings. The summed E-state index contributed by atoms with van der Waals surface area (Å²) in [5, 5.41) is 10.4. The molecule has 2 atom stereocenters. The molecule has 2 rings (SSSR count). The summed E-state index contributed by atoms with van der Waals surface area (Å²) in [7, 11) is 1.31. The van der Waals surface area contributed by atoms with Crippen molar-refractivity contribution in [2.24, 2.45) is 5.92 Å². The Morgan fingerprint density at radius 2 is 2.22 bits per heavy atom. The predicted molar refractivity (Wildman–Crippen MR) is 88.7 cm³/mol. The zero-order valence-corrected chi connectivity index (χ0v) is 14.6. The fourth-order valence-corrected chi connectivity index (χ4v) is 2.56. The van der Waals surface area contributed by atoms with Gasteiger partial charge in [-0.2, -0.15) is 5.10 Å². The lowest BCUT2D eigenvalue weighted by Crippen LogP contribution is -2.45. The summed E-state index contributed by atoms with van der Waals surface area (Å²) < 4.78 is 6.55. The van der Waals surface area contributed by atoms with E-state index in [1.165, 1.54) is 7.11 Å². The number of halogens is 1. The van der Waals surface area contributed by atoms with Crippen molar-refractivity contribution in [3.8, 4) is 0 Å². The maximum atomic E-state index is 12.3. The molecular weight excluding hydrogens is 320 g/mol. The first kappa shape index (κ1) is 19.4. The molecule has 2 N–H and O–H groups in total. The summed E-state index contributed by atoms with van der Waals surface area (Å²) in [6, 6.07) is 1.29. The van der Waals surface area contributed by atoms with Crippen LogP contribution in [-0.2, 0) is 9.53 Å². The number of rotatable bonds is 5. The van der Waals surface area contributed by atoms with Crippen molar-refractivity contribution >= 4 is 24.3 Å². The van der Waals surface area contributed by atoms with Gasteiger partial charge in [0.15, 0.2) is 0 Å². The van der Waals surface area contributed by atoms with Crippen LogP contribution in [0.3, 0.4) is 0 Å². The van der Waals surface area contributed by atoms with Crippen molar-refractivity contribution in [2.75, 3.05) is 20.2 Å². The van der Waals surface area contributed by atoms with Crippen LogP contribution in [0, 0.1) is 5.92 Å². The van der Waals surface area contributed by atoms with E-state index in [0.29, 0.717) is 5.69 Å². The Balaban J connectivity index is 0.00000264. The third-order valence-electron chi connectivity index (χ3n) is 3.89. The van der Waals surface area contributed by atoms with E-state index >= 15 is 0 Å². The maximum Gasteiger partial charge on any atom is 0.328 e. The van der Waals surface area contributed by atoms with E-state index < -0.39 is 12.0 Å². The number of carbonyl (C=O) groups is 2. The first-order chi connectivity index (χ1) is 10.5. The van der Waals surface area contributed by atoms with Crippen molar-refractivity contribution in [1.29, 1.82) is 0 Å². The summed E-state index contributed by atoms with van der Waals surface area (Å²) >= 11 is 0. The van der Waals surface area contributed by atoms with E-state index in [4.69, 9.17) is 4.74 Å². The monoisotopic (exact) mass is 344 g/mol. The average molecular weight is 345 g/mol. The lowest BCUT2D eigenvalue weighted by Gasteiger charge is -2.23. The number of carbonyl (C=O) groups excluding carboxylic acids is 2. The molecule has 8 heteroatoms. The fourth-order valence-electron chi connectivity index (χ4n) is 2.56. The Kier molecular flexibility index (Phi) is 7.51. The lowest BCUT2D eigenvalue weighted by molar-refractivity contribution is -0.144. The van der Waals surface area contributed by atoms with E-state index in [2.05, 4.69) is 15.7 Å². The molecule has 0 bridgehead atoms. The third kappa shape index (κ3) is 4.94. The molecule has 2 heterocycles. The van der Waals surface area contributed by atoms with Gasteiger partial charge in [0.05, 0.1) is 13.2 Å². The quantitative estimate of drug-likeness (QED) is 0.783. The summed E-state index contributed by atoms with van der Waals surface area (Å²) in [4.78, 5) is 24.0. The summed E-state index contributed by atoms with van der Waals surface area (Å²) in [5.74, 6) is -0.855. The van der Waals surface area contributed by atoms with Crippen molar-refractivity contribution in [3.05, 3.63) is 18.0 Å². The minimum atomic E-state index is -0.668. The number of nitrogens with one attached hydrogen (secondary N) is 2. The minimum absolute atomic E-state index is 0. The topological polar surface area (TPSA) is 85.2 Å². The average Bonchev–Trinajstić information content (AvgIpc) is 3.02. The van der Waals surface area contributed by atoms with Gasteiger partial charge in [-0.1, -0.05) is 13.8 Å². The third-order valence-corrected chi connectivity index (χ3v) is 3.89. The highest BCUT2D eigenvalue weighted by molar-refractivity contribution is 5.95. The molecule has 2 unspecified atom stereocenters. The Labute approximate surface area is 142 Å². The van der Waals surface area contributed by atoms with Crippen molar-refractivity contribution in [3.63, 3.8) is 0 Å². The van der Waals surface area contributed by atoms with Crippen LogP contribution in [0.15, 0.2) is 12.3 Å². The molecule has 1 aromatic rings. The van der Waals surface area contributed by atoms with Crippen LogP contribution >= 0.6 is 12.4 Å². The number of piperidine rings is 1. The van der Waals surface area contributed by atoms with Crippen LogP contribution in [0.2, 0.25) is 0 Å². The second kappa shape index (κ2) is 8.88. The van der Waals surface area contributed by atoms with E-state index in [1.807, 2.05) is 24.7 Å². The van der Waals surface area contributed by atoms with E-state index in [1.54, 1.807) is 6.07 Å². The smallest absolute Gasteiger partial charge is 0.328 e. The number of hydrogen-bond donors (Lipinski definition) is 2. The van der Waals surface area contributed by atoms with Gasteiger partial charge >= 0.3 is 5.97 Å². The standard InChI is InChI=1S/C15H24N4O3.ClH/c1-10(2)13(15(21)22-3)17-14(20)12-6-8-19(18-12)11-5-4-7-16-9-11;/h6,8,10-11,13,16H,4-5,7,9H2,1-3H3,(H,17,20);1H. The van der Waals surface area contributed by atoms with E-state index in [0.717, 1.165) is 25.9 Å². The first-order valence-electron chi connectivity index (χ1n) is 7.67. The van der Waals surface area contributed by atoms with Gasteiger partial charge in [0.1, 0.15) is 11.7 Å². The number of esters is 1. The van der Waals surface area contributed by atoms with Crippen molar-refractivity contribution in [2.45, 2.75) is 38.8 Å². The summed E-state index contributed by atoms with van der Waals surface area (Å²) in [6.07, 6.45) is 3.96. The van der Waals surface area contributed by atoms with Crippen molar-refractivity contribution < 1.29 is 14.3 Å². The van der Waals surface area contributed by atoms with Gasteiger partial charge in [-0.05, 0) is 31.4 Å². The van der Waals surface area contributed by atoms with Gasteiger partial charge in [0.2, 0.25) is 0 Å². The lowest BCUT2D eigenvalue weighted by atomic mass is 10.0. The molecule has 1 saturated heterocycles. The molecule has 1 amide bonds. The second-order valence-electron chi connectivity index (χ2n) is 5.90. The molecule has 0 saturated carbocycles. The fraction of sp³-hybridized carbons (Fsp3) is 0.667. The number of hydrogen-bond acceptors (Lipinski definition) is 5. The Bertz CT molecular complexity index is 527. The molecule has 0 spiro atoms. The number of nitrogens with zero attached hydrogens (tertiary/aromatic N) is 2. The van der Waals surface area contributed by atoms with Gasteiger partial charge in [-0.25, -0.2) is 4.79 Å². The molecular formula is C15H25ClN4O3. The Hall–Kier alpha value is -1.60. The van der Waals surface area contributed by atoms with E-state index in [9.17, 15) is 9.59 Å². The van der Waals surface area contributed by atoms with Gasteiger partial charge in [-0.3, -0.25) is 9.48 Å². The molecule has 130 valence electrons. The number of aromatic nitrogens is 2. The molecule has 1 aromatic heterocycles. The van der Waals surface area contributed by atoms with Crippen LogP contribution < -0.4 is 10.6 Å². The van der Waals surface area contributed by atoms with Crippen LogP contribution in [0.25, 0.3) is 0 Å². The molecule has 1 aliphatic heterocycles.